The van der Waals surface area contributed by atoms with E-state index in [0.29, 0.717) is 5.02 Å². The van der Waals surface area contributed by atoms with Gasteiger partial charge in [0.1, 0.15) is 0 Å². The molecule has 3 nitrogen and oxygen atoms in total. The van der Waals surface area contributed by atoms with E-state index in [9.17, 15) is 4.79 Å². The fourth-order valence-electron chi connectivity index (χ4n) is 1.94. The van der Waals surface area contributed by atoms with Gasteiger partial charge in [0.15, 0.2) is 6.04 Å². The fourth-order valence-corrected chi connectivity index (χ4v) is 2.07. The summed E-state index contributed by atoms with van der Waals surface area (Å²) in [6.45, 7) is 1.98. The molecule has 0 fully saturated rings. The topological polar surface area (TPSA) is 38.3 Å². The number of esters is 1. The maximum absolute atomic E-state index is 12.0. The molecule has 0 saturated carbocycles. The summed E-state index contributed by atoms with van der Waals surface area (Å²) in [5.41, 5.74) is 2.78. The molecule has 0 saturated heterocycles. The van der Waals surface area contributed by atoms with Crippen molar-refractivity contribution in [3.05, 3.63) is 64.7 Å². The zero-order chi connectivity index (χ0) is 14.5. The average Bonchev–Trinajstić information content (AvgIpc) is 2.47. The molecule has 2 aromatic carbocycles. The van der Waals surface area contributed by atoms with Crippen molar-refractivity contribution in [2.24, 2.45) is 0 Å². The third-order valence-corrected chi connectivity index (χ3v) is 3.34. The van der Waals surface area contributed by atoms with Gasteiger partial charge in [0, 0.05) is 10.7 Å². The molecule has 0 radical (unpaired) electrons. The lowest BCUT2D eigenvalue weighted by atomic mass is 10.1. The van der Waals surface area contributed by atoms with Crippen molar-refractivity contribution in [1.29, 1.82) is 0 Å². The molecule has 0 heterocycles. The Morgan fingerprint density at radius 3 is 2.40 bits per heavy atom. The van der Waals surface area contributed by atoms with Gasteiger partial charge in [0.05, 0.1) is 7.11 Å². The summed E-state index contributed by atoms with van der Waals surface area (Å²) in [5.74, 6) is -0.337. The maximum atomic E-state index is 12.0. The first-order valence-corrected chi connectivity index (χ1v) is 6.65. The van der Waals surface area contributed by atoms with Crippen LogP contribution in [0.25, 0.3) is 0 Å². The van der Waals surface area contributed by atoms with E-state index in [1.54, 1.807) is 12.1 Å². The Bertz CT molecular complexity index is 596. The van der Waals surface area contributed by atoms with Crippen LogP contribution in [0.3, 0.4) is 0 Å². The van der Waals surface area contributed by atoms with Gasteiger partial charge in [-0.25, -0.2) is 4.79 Å². The second-order valence-electron chi connectivity index (χ2n) is 4.47. The van der Waals surface area contributed by atoms with Crippen LogP contribution in [0, 0.1) is 6.92 Å². The zero-order valence-electron chi connectivity index (χ0n) is 11.4. The van der Waals surface area contributed by atoms with Crippen molar-refractivity contribution in [2.45, 2.75) is 13.0 Å². The van der Waals surface area contributed by atoms with E-state index in [4.69, 9.17) is 16.3 Å². The molecule has 2 rings (SSSR count). The SMILES string of the molecule is COC(=O)C(Nc1ccccc1C)c1ccc(Cl)cc1. The summed E-state index contributed by atoms with van der Waals surface area (Å²) >= 11 is 5.88. The van der Waals surface area contributed by atoms with Crippen molar-refractivity contribution >= 4 is 23.3 Å². The van der Waals surface area contributed by atoms with Crippen LogP contribution in [0.5, 0.6) is 0 Å². The zero-order valence-corrected chi connectivity index (χ0v) is 12.1. The molecule has 0 aliphatic carbocycles. The maximum Gasteiger partial charge on any atom is 0.332 e. The Kier molecular flexibility index (Phi) is 4.64. The van der Waals surface area contributed by atoms with Crippen LogP contribution in [0.2, 0.25) is 5.02 Å². The number of para-hydroxylation sites is 1. The number of benzene rings is 2. The molecule has 20 heavy (non-hydrogen) atoms. The van der Waals surface area contributed by atoms with E-state index in [1.807, 2.05) is 43.3 Å². The molecule has 0 aliphatic rings. The Hall–Kier alpha value is -2.00. The first kappa shape index (κ1) is 14.4. The minimum absolute atomic E-state index is 0.337. The third-order valence-electron chi connectivity index (χ3n) is 3.09. The van der Waals surface area contributed by atoms with Crippen LogP contribution in [-0.2, 0) is 9.53 Å². The number of rotatable bonds is 4. The number of carbonyl (C=O) groups excluding carboxylic acids is 1. The van der Waals surface area contributed by atoms with Crippen LogP contribution in [0.1, 0.15) is 17.2 Å². The number of carbonyl (C=O) groups is 1. The lowest BCUT2D eigenvalue weighted by Crippen LogP contribution is -2.22. The summed E-state index contributed by atoms with van der Waals surface area (Å²) in [7, 11) is 1.38. The first-order chi connectivity index (χ1) is 9.61. The number of hydrogen-bond acceptors (Lipinski definition) is 3. The minimum atomic E-state index is -0.557. The average molecular weight is 290 g/mol. The van der Waals surface area contributed by atoms with E-state index < -0.39 is 6.04 Å². The van der Waals surface area contributed by atoms with Crippen molar-refractivity contribution in [3.63, 3.8) is 0 Å². The van der Waals surface area contributed by atoms with Crippen molar-refractivity contribution < 1.29 is 9.53 Å². The molecule has 2 aromatic rings. The number of aryl methyl sites for hydroxylation is 1. The number of halogens is 1. The van der Waals surface area contributed by atoms with Gasteiger partial charge < -0.3 is 10.1 Å². The molecule has 1 atom stereocenters. The highest BCUT2D eigenvalue weighted by molar-refractivity contribution is 6.30. The second-order valence-corrected chi connectivity index (χ2v) is 4.90. The van der Waals surface area contributed by atoms with E-state index in [0.717, 1.165) is 16.8 Å². The van der Waals surface area contributed by atoms with Gasteiger partial charge in [-0.3, -0.25) is 0 Å². The predicted octanol–water partition coefficient (Wildman–Crippen LogP) is 3.97. The Labute approximate surface area is 123 Å². The molecule has 1 N–H and O–H groups in total. The molecule has 4 heteroatoms. The third kappa shape index (κ3) is 3.31. The van der Waals surface area contributed by atoms with E-state index >= 15 is 0 Å². The summed E-state index contributed by atoms with van der Waals surface area (Å²) in [5, 5.41) is 3.85. The van der Waals surface area contributed by atoms with Gasteiger partial charge in [-0.15, -0.1) is 0 Å². The number of nitrogens with one attached hydrogen (secondary N) is 1. The summed E-state index contributed by atoms with van der Waals surface area (Å²) in [6.07, 6.45) is 0. The molecule has 0 bridgehead atoms. The first-order valence-electron chi connectivity index (χ1n) is 6.27. The van der Waals surface area contributed by atoms with Crippen LogP contribution in [0.4, 0.5) is 5.69 Å². The van der Waals surface area contributed by atoms with Crippen LogP contribution in [-0.4, -0.2) is 13.1 Å². The standard InChI is InChI=1S/C16H16ClNO2/c1-11-5-3-4-6-14(11)18-15(16(19)20-2)12-7-9-13(17)10-8-12/h3-10,15,18H,1-2H3. The molecular weight excluding hydrogens is 274 g/mol. The minimum Gasteiger partial charge on any atom is -0.467 e. The lowest BCUT2D eigenvalue weighted by molar-refractivity contribution is -0.141. The number of ether oxygens (including phenoxy) is 1. The highest BCUT2D eigenvalue weighted by atomic mass is 35.5. The van der Waals surface area contributed by atoms with Gasteiger partial charge >= 0.3 is 5.97 Å². The molecule has 1 unspecified atom stereocenters. The Balaban J connectivity index is 2.31. The van der Waals surface area contributed by atoms with Crippen LogP contribution >= 0.6 is 11.6 Å². The molecule has 0 spiro atoms. The molecule has 104 valence electrons. The number of hydrogen-bond donors (Lipinski definition) is 1. The normalized spacial score (nSPS) is 11.8. The van der Waals surface area contributed by atoms with Crippen molar-refractivity contribution in [3.8, 4) is 0 Å². The summed E-state index contributed by atoms with van der Waals surface area (Å²) in [4.78, 5) is 12.0. The van der Waals surface area contributed by atoms with Gasteiger partial charge in [-0.2, -0.15) is 0 Å². The highest BCUT2D eigenvalue weighted by Crippen LogP contribution is 2.24. The number of anilines is 1. The second kappa shape index (κ2) is 6.44. The summed E-state index contributed by atoms with van der Waals surface area (Å²) < 4.78 is 4.87. The van der Waals surface area contributed by atoms with Gasteiger partial charge in [0.2, 0.25) is 0 Å². The largest absolute Gasteiger partial charge is 0.467 e. The monoisotopic (exact) mass is 289 g/mol. The highest BCUT2D eigenvalue weighted by Gasteiger charge is 2.21. The molecule has 0 aromatic heterocycles. The summed E-state index contributed by atoms with van der Waals surface area (Å²) in [6, 6.07) is 14.4. The van der Waals surface area contributed by atoms with Crippen molar-refractivity contribution in [1.82, 2.24) is 0 Å². The smallest absolute Gasteiger partial charge is 0.332 e. The van der Waals surface area contributed by atoms with Gasteiger partial charge in [-0.1, -0.05) is 41.9 Å². The molecule has 0 amide bonds. The van der Waals surface area contributed by atoms with E-state index in [2.05, 4.69) is 5.32 Å². The Morgan fingerprint density at radius 2 is 1.80 bits per heavy atom. The lowest BCUT2D eigenvalue weighted by Gasteiger charge is -2.19. The van der Waals surface area contributed by atoms with Gasteiger partial charge in [0.25, 0.3) is 0 Å². The number of methoxy groups -OCH3 is 1. The quantitative estimate of drug-likeness (QED) is 0.866. The fraction of sp³-hybridized carbons (Fsp3) is 0.188. The van der Waals surface area contributed by atoms with Crippen LogP contribution < -0.4 is 5.32 Å². The Morgan fingerprint density at radius 1 is 1.15 bits per heavy atom. The van der Waals surface area contributed by atoms with Gasteiger partial charge in [-0.05, 0) is 36.2 Å². The molecule has 0 aliphatic heterocycles. The van der Waals surface area contributed by atoms with Crippen LogP contribution in [0.15, 0.2) is 48.5 Å². The van der Waals surface area contributed by atoms with E-state index in [1.165, 1.54) is 7.11 Å². The van der Waals surface area contributed by atoms with Crippen molar-refractivity contribution in [2.75, 3.05) is 12.4 Å². The molecular formula is C16H16ClNO2. The predicted molar refractivity (Wildman–Crippen MR) is 81.0 cm³/mol. The van der Waals surface area contributed by atoms with E-state index in [-0.39, 0.29) is 5.97 Å².